The molecule has 1 N–H and O–H groups in total. The number of nitrogens with one attached hydrogen (secondary N) is 1. The van der Waals surface area contributed by atoms with E-state index in [0.29, 0.717) is 12.4 Å². The molecule has 0 aliphatic carbocycles. The highest BCUT2D eigenvalue weighted by Gasteiger charge is 2.28. The van der Waals surface area contributed by atoms with Gasteiger partial charge in [0.05, 0.1) is 17.1 Å². The summed E-state index contributed by atoms with van der Waals surface area (Å²) in [6.45, 7) is 9.19. The number of hydrogen-bond acceptors (Lipinski definition) is 7. The number of amides is 1. The zero-order valence-corrected chi connectivity index (χ0v) is 19.3. The van der Waals surface area contributed by atoms with Crippen LogP contribution in [-0.4, -0.2) is 48.6 Å². The molecule has 3 aromatic heterocycles. The Morgan fingerprint density at radius 2 is 2.03 bits per heavy atom. The van der Waals surface area contributed by atoms with Gasteiger partial charge < -0.3 is 10.2 Å². The Morgan fingerprint density at radius 1 is 1.23 bits per heavy atom. The Bertz CT molecular complexity index is 1150. The fraction of sp³-hybridized carbons (Fsp3) is 0.409. The van der Waals surface area contributed by atoms with Crippen molar-refractivity contribution in [2.45, 2.75) is 40.0 Å². The third kappa shape index (κ3) is 4.66. The number of aromatic nitrogens is 5. The third-order valence-electron chi connectivity index (χ3n) is 5.59. The highest BCUT2D eigenvalue weighted by atomic mass is 32.1. The number of hydrogen-bond donors (Lipinski definition) is 1. The van der Waals surface area contributed by atoms with Crippen LogP contribution < -0.4 is 5.32 Å². The van der Waals surface area contributed by atoms with Crippen molar-refractivity contribution in [2.75, 3.05) is 18.4 Å². The van der Waals surface area contributed by atoms with Crippen molar-refractivity contribution in [3.63, 3.8) is 0 Å². The molecule has 1 amide bonds. The number of carbonyl (C=O) groups is 1. The minimum absolute atomic E-state index is 0.0209. The largest absolute Gasteiger partial charge is 0.338 e. The lowest BCUT2D eigenvalue weighted by atomic mass is 10.0. The predicted molar refractivity (Wildman–Crippen MR) is 123 cm³/mol. The van der Waals surface area contributed by atoms with Gasteiger partial charge in [-0.15, -0.1) is 11.3 Å². The van der Waals surface area contributed by atoms with E-state index in [1.54, 1.807) is 17.4 Å². The van der Waals surface area contributed by atoms with Crippen LogP contribution in [0.1, 0.15) is 46.5 Å². The summed E-state index contributed by atoms with van der Waals surface area (Å²) in [4.78, 5) is 28.2. The van der Waals surface area contributed by atoms with E-state index in [9.17, 15) is 4.79 Å². The second-order valence-corrected chi connectivity index (χ2v) is 8.81. The van der Waals surface area contributed by atoms with Gasteiger partial charge in [-0.2, -0.15) is 5.10 Å². The van der Waals surface area contributed by atoms with Crippen LogP contribution in [0.3, 0.4) is 0 Å². The Hall–Kier alpha value is -3.07. The van der Waals surface area contributed by atoms with Gasteiger partial charge in [-0.25, -0.2) is 15.0 Å². The number of nitrogens with zero attached hydrogens (tertiary/aromatic N) is 6. The van der Waals surface area contributed by atoms with Crippen molar-refractivity contribution >= 4 is 34.3 Å². The summed E-state index contributed by atoms with van der Waals surface area (Å²) in [6, 6.07) is 1.97. The zero-order valence-electron chi connectivity index (χ0n) is 18.5. The smallest absolute Gasteiger partial charge is 0.246 e. The molecule has 0 spiro atoms. The van der Waals surface area contributed by atoms with Crippen molar-refractivity contribution in [3.8, 4) is 0 Å². The lowest BCUT2D eigenvalue weighted by Gasteiger charge is -2.15. The van der Waals surface area contributed by atoms with Crippen molar-refractivity contribution < 1.29 is 4.79 Å². The maximum atomic E-state index is 12.8. The van der Waals surface area contributed by atoms with Crippen molar-refractivity contribution in [1.82, 2.24) is 29.6 Å². The number of carbonyl (C=O) groups excluding carboxylic acids is 1. The number of thiazole rings is 1. The molecule has 1 saturated heterocycles. The van der Waals surface area contributed by atoms with E-state index >= 15 is 0 Å². The van der Waals surface area contributed by atoms with Gasteiger partial charge in [-0.3, -0.25) is 9.48 Å². The molecule has 31 heavy (non-hydrogen) atoms. The Kier molecular flexibility index (Phi) is 5.86. The predicted octanol–water partition coefficient (Wildman–Crippen LogP) is 3.67. The summed E-state index contributed by atoms with van der Waals surface area (Å²) in [5, 5.41) is 10.5. The lowest BCUT2D eigenvalue weighted by molar-refractivity contribution is -0.124. The molecule has 4 heterocycles. The Balaban J connectivity index is 1.44. The van der Waals surface area contributed by atoms with Crippen LogP contribution >= 0.6 is 11.3 Å². The topological polar surface area (TPSA) is 88.8 Å². The average molecular weight is 438 g/mol. The molecule has 4 rings (SSSR count). The fourth-order valence-corrected chi connectivity index (χ4v) is 4.57. The average Bonchev–Trinajstić information content (AvgIpc) is 3.41. The maximum absolute atomic E-state index is 12.8. The van der Waals surface area contributed by atoms with Crippen LogP contribution in [-0.2, 0) is 11.8 Å². The van der Waals surface area contributed by atoms with Gasteiger partial charge in [0.2, 0.25) is 5.91 Å². The fourth-order valence-electron chi connectivity index (χ4n) is 3.88. The summed E-state index contributed by atoms with van der Waals surface area (Å²) < 4.78 is 1.83. The van der Waals surface area contributed by atoms with E-state index in [0.717, 1.165) is 52.3 Å². The minimum atomic E-state index is 0.0209. The molecule has 162 valence electrons. The highest BCUT2D eigenvalue weighted by Crippen LogP contribution is 2.29. The van der Waals surface area contributed by atoms with Crippen molar-refractivity contribution in [1.29, 1.82) is 0 Å². The van der Waals surface area contributed by atoms with Gasteiger partial charge >= 0.3 is 0 Å². The second-order valence-electron chi connectivity index (χ2n) is 7.96. The first-order valence-electron chi connectivity index (χ1n) is 10.3. The van der Waals surface area contributed by atoms with E-state index in [4.69, 9.17) is 0 Å². The molecule has 0 radical (unpaired) electrons. The molecular weight excluding hydrogens is 410 g/mol. The molecule has 8 nitrogen and oxygen atoms in total. The summed E-state index contributed by atoms with van der Waals surface area (Å²) in [5.74, 6) is 1.66. The first-order chi connectivity index (χ1) is 14.8. The molecular formula is C22H27N7OS. The van der Waals surface area contributed by atoms with Crippen molar-refractivity contribution in [3.05, 3.63) is 51.7 Å². The van der Waals surface area contributed by atoms with Crippen LogP contribution in [0.15, 0.2) is 17.5 Å². The lowest BCUT2D eigenvalue weighted by Crippen LogP contribution is -2.26. The Morgan fingerprint density at radius 3 is 2.71 bits per heavy atom. The van der Waals surface area contributed by atoms with Crippen LogP contribution in [0.5, 0.6) is 0 Å². The van der Waals surface area contributed by atoms with Crippen LogP contribution in [0.25, 0.3) is 6.08 Å². The monoisotopic (exact) mass is 437 g/mol. The standard InChI is InChI=1S/C22H27N7OS/c1-13-12-31-22(23-13)26-20-10-19(24-16(4)25-20)17-8-9-29(11-17)21(30)7-6-18-14(2)27-28(5)15(18)3/h6-7,10,12,17H,8-9,11H2,1-5H3,(H,23,24,25,26)/b7-6+. The van der Waals surface area contributed by atoms with E-state index in [2.05, 4.69) is 25.4 Å². The first-order valence-corrected chi connectivity index (χ1v) is 11.2. The molecule has 1 aliphatic rings. The number of likely N-dealkylation sites (tertiary alicyclic amines) is 1. The summed E-state index contributed by atoms with van der Waals surface area (Å²) in [7, 11) is 1.91. The van der Waals surface area contributed by atoms with Gasteiger partial charge in [0.25, 0.3) is 0 Å². The van der Waals surface area contributed by atoms with Crippen molar-refractivity contribution in [2.24, 2.45) is 7.05 Å². The number of rotatable bonds is 5. The molecule has 0 aromatic carbocycles. The molecule has 0 bridgehead atoms. The van der Waals surface area contributed by atoms with Gasteiger partial charge in [0.15, 0.2) is 5.13 Å². The molecule has 1 aliphatic heterocycles. The van der Waals surface area contributed by atoms with Gasteiger partial charge in [-0.05, 0) is 40.2 Å². The normalized spacial score (nSPS) is 16.4. The molecule has 1 atom stereocenters. The second kappa shape index (κ2) is 8.58. The summed E-state index contributed by atoms with van der Waals surface area (Å²) in [5.41, 5.74) is 4.92. The molecule has 3 aromatic rings. The Labute approximate surface area is 186 Å². The van der Waals surface area contributed by atoms with Crippen LogP contribution in [0, 0.1) is 27.7 Å². The summed E-state index contributed by atoms with van der Waals surface area (Å²) >= 11 is 1.55. The highest BCUT2D eigenvalue weighted by molar-refractivity contribution is 7.13. The minimum Gasteiger partial charge on any atom is -0.338 e. The third-order valence-corrected chi connectivity index (χ3v) is 6.46. The molecule has 9 heteroatoms. The van der Waals surface area contributed by atoms with Gasteiger partial charge in [0.1, 0.15) is 11.6 Å². The van der Waals surface area contributed by atoms with E-state index < -0.39 is 0 Å². The first kappa shape index (κ1) is 21.2. The quantitative estimate of drug-likeness (QED) is 0.613. The van der Waals surface area contributed by atoms with Crippen LogP contribution in [0.2, 0.25) is 0 Å². The molecule has 1 unspecified atom stereocenters. The summed E-state index contributed by atoms with van der Waals surface area (Å²) in [6.07, 6.45) is 4.42. The van der Waals surface area contributed by atoms with Crippen LogP contribution in [0.4, 0.5) is 10.9 Å². The molecule has 1 fully saturated rings. The van der Waals surface area contributed by atoms with E-state index in [1.807, 2.05) is 61.8 Å². The number of anilines is 2. The van der Waals surface area contributed by atoms with E-state index in [1.165, 1.54) is 0 Å². The van der Waals surface area contributed by atoms with Gasteiger partial charge in [-0.1, -0.05) is 0 Å². The maximum Gasteiger partial charge on any atom is 0.246 e. The SMILES string of the molecule is Cc1csc(Nc2cc(C3CCN(C(=O)/C=C/c4c(C)nn(C)c4C)C3)nc(C)n2)n1. The van der Waals surface area contributed by atoms with E-state index in [-0.39, 0.29) is 11.8 Å². The number of aryl methyl sites for hydroxylation is 4. The zero-order chi connectivity index (χ0) is 22.1. The van der Waals surface area contributed by atoms with Gasteiger partial charge in [0, 0.05) is 54.8 Å². The molecule has 0 saturated carbocycles.